The van der Waals surface area contributed by atoms with Crippen molar-refractivity contribution in [2.45, 2.75) is 26.7 Å². The number of nitrogens with zero attached hydrogens (tertiary/aromatic N) is 3. The monoisotopic (exact) mass is 363 g/mol. The number of hydrogen-bond acceptors (Lipinski definition) is 4. The Kier molecular flexibility index (Phi) is 4.82. The van der Waals surface area contributed by atoms with Gasteiger partial charge in [0, 0.05) is 23.1 Å². The summed E-state index contributed by atoms with van der Waals surface area (Å²) in [5.41, 5.74) is 14.8. The highest BCUT2D eigenvalue weighted by atomic mass is 19.1. The van der Waals surface area contributed by atoms with Gasteiger partial charge < -0.3 is 5.73 Å². The third-order valence-corrected chi connectivity index (χ3v) is 4.25. The summed E-state index contributed by atoms with van der Waals surface area (Å²) in [7, 11) is 0. The molecule has 136 valence electrons. The summed E-state index contributed by atoms with van der Waals surface area (Å²) in [5, 5.41) is 6.23. The standard InChI is InChI=1S/C20H18FN5O/c1-20(2)10-17-16(18(27)11-20)6-5-15(24-17)4-3-12-7-13(9-14(21)8-12)19(22)25-26-23/h5-9H,10-11H2,1-2H3,(H3,22,23,25). The van der Waals surface area contributed by atoms with Crippen LogP contribution in [-0.2, 0) is 6.42 Å². The number of carbonyl (C=O) groups is 1. The van der Waals surface area contributed by atoms with Gasteiger partial charge in [-0.05, 0) is 48.1 Å². The van der Waals surface area contributed by atoms with E-state index in [4.69, 9.17) is 11.3 Å². The molecule has 1 aromatic carbocycles. The molecule has 1 aliphatic carbocycles. The number of amidine groups is 1. The number of benzene rings is 1. The lowest BCUT2D eigenvalue weighted by Crippen LogP contribution is -2.28. The predicted molar refractivity (Wildman–Crippen MR) is 98.9 cm³/mol. The van der Waals surface area contributed by atoms with E-state index in [0.717, 1.165) is 5.69 Å². The zero-order chi connectivity index (χ0) is 19.6. The summed E-state index contributed by atoms with van der Waals surface area (Å²) in [5.74, 6) is 5.25. The highest BCUT2D eigenvalue weighted by Crippen LogP contribution is 2.33. The first-order valence-electron chi connectivity index (χ1n) is 8.33. The average molecular weight is 363 g/mol. The number of halogens is 1. The maximum Gasteiger partial charge on any atom is 0.165 e. The van der Waals surface area contributed by atoms with E-state index in [-0.39, 0.29) is 17.0 Å². The molecule has 0 aliphatic heterocycles. The van der Waals surface area contributed by atoms with Gasteiger partial charge in [-0.3, -0.25) is 4.79 Å². The van der Waals surface area contributed by atoms with Crippen LogP contribution in [0, 0.1) is 28.6 Å². The van der Waals surface area contributed by atoms with E-state index in [1.54, 1.807) is 18.2 Å². The smallest absolute Gasteiger partial charge is 0.165 e. The van der Waals surface area contributed by atoms with Crippen LogP contribution >= 0.6 is 0 Å². The summed E-state index contributed by atoms with van der Waals surface area (Å²) in [6, 6.07) is 7.47. The summed E-state index contributed by atoms with van der Waals surface area (Å²) in [6.45, 7) is 4.08. The first-order chi connectivity index (χ1) is 12.8. The van der Waals surface area contributed by atoms with Crippen LogP contribution < -0.4 is 5.73 Å². The first-order valence-corrected chi connectivity index (χ1v) is 8.33. The van der Waals surface area contributed by atoms with Gasteiger partial charge in [0.1, 0.15) is 11.5 Å². The zero-order valence-corrected chi connectivity index (χ0v) is 15.0. The molecular formula is C20H18FN5O. The Morgan fingerprint density at radius 1 is 1.26 bits per heavy atom. The number of nitrogens with two attached hydrogens (primary N) is 1. The lowest BCUT2D eigenvalue weighted by Gasteiger charge is -2.29. The normalized spacial score (nSPS) is 15.5. The van der Waals surface area contributed by atoms with Gasteiger partial charge in [0.05, 0.1) is 5.69 Å². The molecule has 3 rings (SSSR count). The minimum Gasteiger partial charge on any atom is -0.382 e. The van der Waals surface area contributed by atoms with E-state index < -0.39 is 5.82 Å². The van der Waals surface area contributed by atoms with E-state index in [1.807, 2.05) is 13.8 Å². The van der Waals surface area contributed by atoms with Gasteiger partial charge in [-0.15, -0.1) is 5.10 Å². The van der Waals surface area contributed by atoms with Crippen molar-refractivity contribution in [1.29, 1.82) is 5.53 Å². The fourth-order valence-corrected chi connectivity index (χ4v) is 3.06. The van der Waals surface area contributed by atoms with Crippen molar-refractivity contribution < 1.29 is 9.18 Å². The zero-order valence-electron chi connectivity index (χ0n) is 15.0. The molecule has 2 aromatic rings. The Hall–Kier alpha value is -3.40. The summed E-state index contributed by atoms with van der Waals surface area (Å²) in [4.78, 5) is 16.7. The van der Waals surface area contributed by atoms with Crippen LogP contribution in [0.4, 0.5) is 4.39 Å². The van der Waals surface area contributed by atoms with Gasteiger partial charge in [0.2, 0.25) is 0 Å². The molecule has 0 saturated carbocycles. The minimum atomic E-state index is -0.523. The summed E-state index contributed by atoms with van der Waals surface area (Å²) in [6.07, 6.45) is 1.21. The Morgan fingerprint density at radius 3 is 2.78 bits per heavy atom. The van der Waals surface area contributed by atoms with Crippen molar-refractivity contribution in [1.82, 2.24) is 4.98 Å². The maximum absolute atomic E-state index is 13.8. The third kappa shape index (κ3) is 4.23. The van der Waals surface area contributed by atoms with Crippen LogP contribution in [0.25, 0.3) is 0 Å². The molecule has 1 aliphatic rings. The van der Waals surface area contributed by atoms with Gasteiger partial charge in [0.25, 0.3) is 0 Å². The minimum absolute atomic E-state index is 0.0693. The van der Waals surface area contributed by atoms with Crippen LogP contribution in [0.15, 0.2) is 40.7 Å². The van der Waals surface area contributed by atoms with Gasteiger partial charge in [-0.1, -0.05) is 25.0 Å². The fraction of sp³-hybridized carbons (Fsp3) is 0.250. The quantitative estimate of drug-likeness (QED) is 0.281. The van der Waals surface area contributed by atoms with Crippen LogP contribution in [-0.4, -0.2) is 16.6 Å². The molecule has 27 heavy (non-hydrogen) atoms. The highest BCUT2D eigenvalue weighted by Gasteiger charge is 2.31. The Bertz CT molecular complexity index is 1030. The number of fused-ring (bicyclic) bond motifs is 1. The van der Waals surface area contributed by atoms with Crippen molar-refractivity contribution in [3.05, 3.63) is 64.2 Å². The third-order valence-electron chi connectivity index (χ3n) is 4.25. The second-order valence-electron chi connectivity index (χ2n) is 7.20. The molecule has 0 unspecified atom stereocenters. The number of ketones is 1. The number of aromatic nitrogens is 1. The number of rotatable bonds is 2. The molecule has 7 heteroatoms. The molecule has 3 N–H and O–H groups in total. The lowest BCUT2D eigenvalue weighted by atomic mass is 9.75. The number of Topliss-reactive ketones (excluding diaryl/α,β-unsaturated/α-hetero) is 1. The molecule has 1 aromatic heterocycles. The van der Waals surface area contributed by atoms with Crippen LogP contribution in [0.5, 0.6) is 0 Å². The predicted octanol–water partition coefficient (Wildman–Crippen LogP) is 3.43. The molecule has 6 nitrogen and oxygen atoms in total. The fourth-order valence-electron chi connectivity index (χ4n) is 3.06. The van der Waals surface area contributed by atoms with Crippen molar-refractivity contribution in [3.8, 4) is 11.8 Å². The highest BCUT2D eigenvalue weighted by molar-refractivity contribution is 5.98. The molecule has 0 radical (unpaired) electrons. The average Bonchev–Trinajstić information content (AvgIpc) is 2.58. The first kappa shape index (κ1) is 18.4. The van der Waals surface area contributed by atoms with E-state index >= 15 is 0 Å². The number of hydrogen-bond donors (Lipinski definition) is 2. The molecule has 0 bridgehead atoms. The number of pyridine rings is 1. The van der Waals surface area contributed by atoms with Crippen LogP contribution in [0.2, 0.25) is 0 Å². The van der Waals surface area contributed by atoms with E-state index in [1.165, 1.54) is 12.1 Å². The van der Waals surface area contributed by atoms with Gasteiger partial charge >= 0.3 is 0 Å². The second kappa shape index (κ2) is 7.08. The lowest BCUT2D eigenvalue weighted by molar-refractivity contribution is 0.0910. The molecular weight excluding hydrogens is 345 g/mol. The Labute approximate surface area is 156 Å². The summed E-state index contributed by atoms with van der Waals surface area (Å²) >= 11 is 0. The van der Waals surface area contributed by atoms with Gasteiger partial charge in [-0.25, -0.2) is 9.37 Å². The molecule has 1 heterocycles. The van der Waals surface area contributed by atoms with Crippen molar-refractivity contribution in [3.63, 3.8) is 0 Å². The van der Waals surface area contributed by atoms with Crippen molar-refractivity contribution >= 4 is 11.6 Å². The molecule has 0 spiro atoms. The van der Waals surface area contributed by atoms with Crippen molar-refractivity contribution in [2.24, 2.45) is 21.5 Å². The topological polar surface area (TPSA) is 105 Å². The van der Waals surface area contributed by atoms with Crippen LogP contribution in [0.3, 0.4) is 0 Å². The number of nitrogens with one attached hydrogen (secondary N) is 1. The number of carbonyl (C=O) groups excluding carboxylic acids is 1. The molecule has 0 amide bonds. The Balaban J connectivity index is 1.94. The SMILES string of the molecule is CC1(C)CC(=O)c2ccc(C#Cc3cc(F)cc(C(N)=NN=N)c3)nc2C1. The molecule has 0 fully saturated rings. The molecule has 0 atom stereocenters. The van der Waals surface area contributed by atoms with Crippen molar-refractivity contribution in [2.75, 3.05) is 0 Å². The van der Waals surface area contributed by atoms with E-state index in [2.05, 4.69) is 27.1 Å². The molecule has 0 saturated heterocycles. The van der Waals surface area contributed by atoms with Gasteiger partial charge in [-0.2, -0.15) is 5.53 Å². The summed E-state index contributed by atoms with van der Waals surface area (Å²) < 4.78 is 13.8. The Morgan fingerprint density at radius 2 is 2.04 bits per heavy atom. The van der Waals surface area contributed by atoms with E-state index in [9.17, 15) is 9.18 Å². The second-order valence-corrected chi connectivity index (χ2v) is 7.20. The van der Waals surface area contributed by atoms with E-state index in [0.29, 0.717) is 35.2 Å². The maximum atomic E-state index is 13.8. The van der Waals surface area contributed by atoms with Crippen LogP contribution in [0.1, 0.15) is 53.1 Å². The van der Waals surface area contributed by atoms with Gasteiger partial charge in [0.15, 0.2) is 11.6 Å². The largest absolute Gasteiger partial charge is 0.382 e.